The van der Waals surface area contributed by atoms with Crippen molar-refractivity contribution in [2.24, 2.45) is 0 Å². The summed E-state index contributed by atoms with van der Waals surface area (Å²) in [6.07, 6.45) is 0.978. The number of benzene rings is 2. The minimum Gasteiger partial charge on any atom is -0.495 e. The molecule has 0 aliphatic rings. The summed E-state index contributed by atoms with van der Waals surface area (Å²) in [5.74, 6) is -1.39. The lowest BCUT2D eigenvalue weighted by Gasteiger charge is -2.31. The second-order valence-electron chi connectivity index (χ2n) is 7.35. The number of rotatable bonds is 9. The minimum absolute atomic E-state index is 0.196. The van der Waals surface area contributed by atoms with Crippen molar-refractivity contribution in [2.45, 2.75) is 26.4 Å². The van der Waals surface area contributed by atoms with E-state index in [9.17, 15) is 22.4 Å². The van der Waals surface area contributed by atoms with Gasteiger partial charge in [-0.25, -0.2) is 12.8 Å². The number of carbonyl (C=O) groups is 2. The van der Waals surface area contributed by atoms with Gasteiger partial charge >= 0.3 is 0 Å². The van der Waals surface area contributed by atoms with Gasteiger partial charge in [0.1, 0.15) is 24.2 Å². The van der Waals surface area contributed by atoms with Gasteiger partial charge in [0.05, 0.1) is 19.1 Å². The molecule has 0 bridgehead atoms. The first kappa shape index (κ1) is 25.1. The van der Waals surface area contributed by atoms with Gasteiger partial charge in [-0.2, -0.15) is 0 Å². The van der Waals surface area contributed by atoms with Gasteiger partial charge < -0.3 is 15.0 Å². The number of anilines is 1. The van der Waals surface area contributed by atoms with Crippen LogP contribution in [0.25, 0.3) is 0 Å². The molecule has 0 spiro atoms. The topological polar surface area (TPSA) is 96.0 Å². The van der Waals surface area contributed by atoms with E-state index in [1.807, 2.05) is 0 Å². The van der Waals surface area contributed by atoms with Crippen LogP contribution in [0, 0.1) is 12.7 Å². The Bertz CT molecular complexity index is 1090. The van der Waals surface area contributed by atoms with E-state index in [2.05, 4.69) is 5.32 Å². The monoisotopic (exact) mass is 465 g/mol. The number of hydrogen-bond acceptors (Lipinski definition) is 5. The number of halogens is 1. The first-order valence-electron chi connectivity index (χ1n) is 9.86. The molecule has 10 heteroatoms. The van der Waals surface area contributed by atoms with Gasteiger partial charge in [0.25, 0.3) is 0 Å². The Balaban J connectivity index is 2.47. The maximum absolute atomic E-state index is 14.3. The second-order valence-corrected chi connectivity index (χ2v) is 9.26. The molecule has 2 aromatic carbocycles. The molecule has 0 aliphatic carbocycles. The molecule has 0 saturated carbocycles. The zero-order chi connectivity index (χ0) is 24.1. The first-order chi connectivity index (χ1) is 15.0. The number of carbonyl (C=O) groups excluding carboxylic acids is 2. The van der Waals surface area contributed by atoms with Crippen LogP contribution >= 0.6 is 0 Å². The third-order valence-electron chi connectivity index (χ3n) is 4.99. The Labute approximate surface area is 188 Å². The summed E-state index contributed by atoms with van der Waals surface area (Å²) in [6, 6.07) is 9.88. The molecule has 174 valence electrons. The Kier molecular flexibility index (Phi) is 8.20. The first-order valence-corrected chi connectivity index (χ1v) is 11.7. The van der Waals surface area contributed by atoms with Crippen LogP contribution < -0.4 is 14.4 Å². The molecule has 32 heavy (non-hydrogen) atoms. The fourth-order valence-corrected chi connectivity index (χ4v) is 4.04. The number of methoxy groups -OCH3 is 1. The summed E-state index contributed by atoms with van der Waals surface area (Å²) in [5.41, 5.74) is 1.17. The van der Waals surface area contributed by atoms with Crippen LogP contribution in [0.15, 0.2) is 42.5 Å². The third-order valence-corrected chi connectivity index (χ3v) is 6.12. The molecule has 0 aromatic heterocycles. The van der Waals surface area contributed by atoms with Crippen molar-refractivity contribution >= 4 is 27.5 Å². The van der Waals surface area contributed by atoms with Crippen molar-refractivity contribution in [1.29, 1.82) is 0 Å². The van der Waals surface area contributed by atoms with Crippen molar-refractivity contribution in [2.75, 3.05) is 31.3 Å². The average Bonchev–Trinajstić information content (AvgIpc) is 2.74. The molecule has 0 aliphatic heterocycles. The predicted octanol–water partition coefficient (Wildman–Crippen LogP) is 2.07. The van der Waals surface area contributed by atoms with Crippen molar-refractivity contribution in [3.05, 3.63) is 59.4 Å². The molecule has 2 amide bonds. The fraction of sp³-hybridized carbons (Fsp3) is 0.364. The number of nitrogens with one attached hydrogen (secondary N) is 1. The smallest absolute Gasteiger partial charge is 0.244 e. The number of likely N-dealkylation sites (N-methyl/N-ethyl adjacent to an activating group) is 1. The minimum atomic E-state index is -3.90. The van der Waals surface area contributed by atoms with Crippen molar-refractivity contribution < 1.29 is 27.1 Å². The summed E-state index contributed by atoms with van der Waals surface area (Å²) in [5, 5.41) is 2.46. The van der Waals surface area contributed by atoms with Crippen LogP contribution in [0.4, 0.5) is 10.1 Å². The van der Waals surface area contributed by atoms with Crippen molar-refractivity contribution in [3.8, 4) is 5.75 Å². The predicted molar refractivity (Wildman–Crippen MR) is 120 cm³/mol. The molecule has 0 heterocycles. The summed E-state index contributed by atoms with van der Waals surface area (Å²) in [7, 11) is -1.08. The van der Waals surface area contributed by atoms with E-state index >= 15 is 0 Å². The highest BCUT2D eigenvalue weighted by Crippen LogP contribution is 2.31. The van der Waals surface area contributed by atoms with Crippen LogP contribution in [0.5, 0.6) is 5.75 Å². The van der Waals surface area contributed by atoms with E-state index in [1.165, 1.54) is 39.3 Å². The zero-order valence-corrected chi connectivity index (χ0v) is 19.6. The molecule has 8 nitrogen and oxygen atoms in total. The Morgan fingerprint density at radius 1 is 1.19 bits per heavy atom. The van der Waals surface area contributed by atoms with Crippen LogP contribution in [-0.4, -0.2) is 58.1 Å². The lowest BCUT2D eigenvalue weighted by Crippen LogP contribution is -2.50. The van der Waals surface area contributed by atoms with Crippen LogP contribution in [0.3, 0.4) is 0 Å². The van der Waals surface area contributed by atoms with Gasteiger partial charge in [-0.15, -0.1) is 0 Å². The van der Waals surface area contributed by atoms with Crippen molar-refractivity contribution in [1.82, 2.24) is 10.2 Å². The maximum Gasteiger partial charge on any atom is 0.244 e. The van der Waals surface area contributed by atoms with Gasteiger partial charge in [-0.3, -0.25) is 13.9 Å². The molecule has 2 aromatic rings. The normalized spacial score (nSPS) is 12.1. The van der Waals surface area contributed by atoms with E-state index in [4.69, 9.17) is 4.74 Å². The van der Waals surface area contributed by atoms with Gasteiger partial charge in [0.2, 0.25) is 21.8 Å². The van der Waals surface area contributed by atoms with Gasteiger partial charge in [-0.05, 0) is 37.6 Å². The summed E-state index contributed by atoms with van der Waals surface area (Å²) >= 11 is 0. The highest BCUT2D eigenvalue weighted by Gasteiger charge is 2.31. The molecule has 2 rings (SSSR count). The Morgan fingerprint density at radius 2 is 1.84 bits per heavy atom. The molecule has 0 saturated heterocycles. The molecular weight excluding hydrogens is 437 g/mol. The Hall–Kier alpha value is -3.14. The van der Waals surface area contributed by atoms with E-state index in [-0.39, 0.29) is 23.5 Å². The van der Waals surface area contributed by atoms with E-state index in [0.717, 1.165) is 21.0 Å². The number of aryl methyl sites for hydroxylation is 1. The number of hydrogen-bond donors (Lipinski definition) is 1. The Morgan fingerprint density at radius 3 is 2.41 bits per heavy atom. The van der Waals surface area contributed by atoms with E-state index < -0.39 is 40.2 Å². The summed E-state index contributed by atoms with van der Waals surface area (Å²) in [6.45, 7) is 2.48. The summed E-state index contributed by atoms with van der Waals surface area (Å²) in [4.78, 5) is 26.7. The zero-order valence-electron chi connectivity index (χ0n) is 18.8. The lowest BCUT2D eigenvalue weighted by atomic mass is 10.1. The van der Waals surface area contributed by atoms with E-state index in [0.29, 0.717) is 0 Å². The van der Waals surface area contributed by atoms with Gasteiger partial charge in [0, 0.05) is 19.2 Å². The van der Waals surface area contributed by atoms with Gasteiger partial charge in [0.15, 0.2) is 0 Å². The standard InChI is InChI=1S/C22H28FN3O5S/c1-15-10-11-20(31-4)19(12-15)26(32(5,29)30)14-21(27)25(16(2)22(28)24-3)13-17-8-6-7-9-18(17)23/h6-12,16H,13-14H2,1-5H3,(H,24,28)/t16-/m1/s1. The highest BCUT2D eigenvalue weighted by molar-refractivity contribution is 7.92. The number of sulfonamides is 1. The molecule has 0 unspecified atom stereocenters. The number of amides is 2. The number of nitrogens with zero attached hydrogens (tertiary/aromatic N) is 2. The molecule has 1 N–H and O–H groups in total. The molecule has 0 fully saturated rings. The average molecular weight is 466 g/mol. The largest absolute Gasteiger partial charge is 0.495 e. The maximum atomic E-state index is 14.3. The molecular formula is C22H28FN3O5S. The van der Waals surface area contributed by atoms with Gasteiger partial charge in [-0.1, -0.05) is 24.3 Å². The van der Waals surface area contributed by atoms with Crippen LogP contribution in [0.1, 0.15) is 18.1 Å². The van der Waals surface area contributed by atoms with Crippen LogP contribution in [-0.2, 0) is 26.2 Å². The molecule has 0 radical (unpaired) electrons. The highest BCUT2D eigenvalue weighted by atomic mass is 32.2. The van der Waals surface area contributed by atoms with Crippen molar-refractivity contribution in [3.63, 3.8) is 0 Å². The SMILES string of the molecule is CNC(=O)[C@@H](C)N(Cc1ccccc1F)C(=O)CN(c1cc(C)ccc1OC)S(C)(=O)=O. The number of ether oxygens (including phenoxy) is 1. The quantitative estimate of drug-likeness (QED) is 0.612. The van der Waals surface area contributed by atoms with Crippen LogP contribution in [0.2, 0.25) is 0 Å². The fourth-order valence-electron chi connectivity index (χ4n) is 3.19. The lowest BCUT2D eigenvalue weighted by molar-refractivity contribution is -0.139. The third kappa shape index (κ3) is 5.97. The van der Waals surface area contributed by atoms with E-state index in [1.54, 1.807) is 31.2 Å². The second kappa shape index (κ2) is 10.4. The molecule has 1 atom stereocenters. The summed E-state index contributed by atoms with van der Waals surface area (Å²) < 4.78 is 45.7.